The quantitative estimate of drug-likeness (QED) is 0.740. The van der Waals surface area contributed by atoms with E-state index in [2.05, 4.69) is 11.8 Å². The van der Waals surface area contributed by atoms with Gasteiger partial charge in [-0.25, -0.2) is 0 Å². The molecule has 2 heterocycles. The Morgan fingerprint density at radius 2 is 1.88 bits per heavy atom. The van der Waals surface area contributed by atoms with Crippen molar-refractivity contribution in [1.29, 1.82) is 0 Å². The number of thiophene rings is 1. The maximum Gasteiger partial charge on any atom is 0.223 e. The molecule has 0 bridgehead atoms. The lowest BCUT2D eigenvalue weighted by atomic mass is 10.1. The van der Waals surface area contributed by atoms with Gasteiger partial charge in [-0.05, 0) is 36.1 Å². The summed E-state index contributed by atoms with van der Waals surface area (Å²) in [5, 5.41) is 2.61. The highest BCUT2D eigenvalue weighted by molar-refractivity contribution is 7.12. The minimum absolute atomic E-state index is 0.0524. The molecule has 1 aromatic carbocycles. The molecule has 1 aliphatic rings. The maximum absolute atomic E-state index is 12.4. The van der Waals surface area contributed by atoms with Crippen LogP contribution in [0.5, 0.6) is 0 Å². The predicted molar refractivity (Wildman–Crippen MR) is 103 cm³/mol. The summed E-state index contributed by atoms with van der Waals surface area (Å²) in [6.07, 6.45) is 0.569. The Kier molecular flexibility index (Phi) is 5.76. The molecule has 1 amide bonds. The number of aryl methyl sites for hydroxylation is 1. The van der Waals surface area contributed by atoms with Crippen molar-refractivity contribution in [2.45, 2.75) is 19.8 Å². The summed E-state index contributed by atoms with van der Waals surface area (Å²) in [6.45, 7) is 4.99. The highest BCUT2D eigenvalue weighted by atomic mass is 35.5. The van der Waals surface area contributed by atoms with Gasteiger partial charge in [0.2, 0.25) is 5.91 Å². The Morgan fingerprint density at radius 3 is 2.56 bits per heavy atom. The number of anilines is 1. The van der Waals surface area contributed by atoms with Crippen LogP contribution in [0.25, 0.3) is 0 Å². The predicted octanol–water partition coefficient (Wildman–Crippen LogP) is 4.02. The minimum Gasteiger partial charge on any atom is -0.368 e. The molecule has 0 atom stereocenters. The molecule has 0 aliphatic carbocycles. The fourth-order valence-corrected chi connectivity index (χ4v) is 3.92. The molecular weight excluding hydrogens is 356 g/mol. The Hall–Kier alpha value is -1.85. The Labute approximate surface area is 157 Å². The fraction of sp³-hybridized carbons (Fsp3) is 0.368. The number of amides is 1. The van der Waals surface area contributed by atoms with E-state index in [1.807, 2.05) is 40.6 Å². The van der Waals surface area contributed by atoms with Gasteiger partial charge in [0.25, 0.3) is 0 Å². The molecule has 6 heteroatoms. The molecule has 0 radical (unpaired) electrons. The van der Waals surface area contributed by atoms with Gasteiger partial charge in [0.05, 0.1) is 4.88 Å². The third kappa shape index (κ3) is 4.41. The summed E-state index contributed by atoms with van der Waals surface area (Å²) >= 11 is 7.53. The van der Waals surface area contributed by atoms with Gasteiger partial charge in [0.1, 0.15) is 0 Å². The number of carbonyl (C=O) groups excluding carboxylic acids is 2. The zero-order valence-corrected chi connectivity index (χ0v) is 15.8. The molecule has 1 aliphatic heterocycles. The summed E-state index contributed by atoms with van der Waals surface area (Å²) in [6, 6.07) is 9.56. The summed E-state index contributed by atoms with van der Waals surface area (Å²) in [7, 11) is 0. The molecule has 1 fully saturated rings. The van der Waals surface area contributed by atoms with Crippen LogP contribution in [0, 0.1) is 6.92 Å². The molecule has 1 aromatic heterocycles. The summed E-state index contributed by atoms with van der Waals surface area (Å²) in [5.41, 5.74) is 2.32. The molecular formula is C19H21ClN2O2S. The largest absolute Gasteiger partial charge is 0.368 e. The number of ketones is 1. The molecule has 0 N–H and O–H groups in total. The first-order chi connectivity index (χ1) is 12.0. The monoisotopic (exact) mass is 376 g/mol. The number of Topliss-reactive ketones (excluding diaryl/α,β-unsaturated/α-hetero) is 1. The standard InChI is InChI=1S/C19H21ClN2O2S/c1-14-4-5-15(20)13-16(14)21-8-10-22(11-9-21)19(24)7-6-17(23)18-3-2-12-25-18/h2-5,12-13H,6-11H2,1H3. The highest BCUT2D eigenvalue weighted by Crippen LogP contribution is 2.25. The average molecular weight is 377 g/mol. The van der Waals surface area contributed by atoms with Crippen LogP contribution in [0.15, 0.2) is 35.7 Å². The van der Waals surface area contributed by atoms with E-state index in [9.17, 15) is 9.59 Å². The fourth-order valence-electron chi connectivity index (χ4n) is 3.06. The molecule has 2 aromatic rings. The number of nitrogens with zero attached hydrogens (tertiary/aromatic N) is 2. The lowest BCUT2D eigenvalue weighted by molar-refractivity contribution is -0.131. The van der Waals surface area contributed by atoms with Crippen LogP contribution in [0.4, 0.5) is 5.69 Å². The second-order valence-corrected chi connectivity index (χ2v) is 7.58. The Morgan fingerprint density at radius 1 is 1.12 bits per heavy atom. The van der Waals surface area contributed by atoms with Crippen molar-refractivity contribution in [1.82, 2.24) is 4.90 Å². The Balaban J connectivity index is 1.51. The third-order valence-corrected chi connectivity index (χ3v) is 5.65. The lowest BCUT2D eigenvalue weighted by Crippen LogP contribution is -2.49. The summed E-state index contributed by atoms with van der Waals surface area (Å²) in [4.78, 5) is 29.2. The lowest BCUT2D eigenvalue weighted by Gasteiger charge is -2.37. The number of rotatable bonds is 5. The molecule has 1 saturated heterocycles. The topological polar surface area (TPSA) is 40.6 Å². The minimum atomic E-state index is 0.0524. The van der Waals surface area contributed by atoms with Crippen molar-refractivity contribution in [3.8, 4) is 0 Å². The molecule has 132 valence electrons. The van der Waals surface area contributed by atoms with E-state index in [0.29, 0.717) is 13.1 Å². The van der Waals surface area contributed by atoms with E-state index >= 15 is 0 Å². The first kappa shape index (κ1) is 18.0. The van der Waals surface area contributed by atoms with Crippen LogP contribution in [0.2, 0.25) is 5.02 Å². The molecule has 25 heavy (non-hydrogen) atoms. The van der Waals surface area contributed by atoms with E-state index in [-0.39, 0.29) is 24.5 Å². The van der Waals surface area contributed by atoms with Gasteiger partial charge in [0, 0.05) is 49.7 Å². The van der Waals surface area contributed by atoms with Crippen molar-refractivity contribution in [3.05, 3.63) is 51.2 Å². The number of hydrogen-bond donors (Lipinski definition) is 0. The van der Waals surface area contributed by atoms with Crippen LogP contribution >= 0.6 is 22.9 Å². The first-order valence-electron chi connectivity index (χ1n) is 8.40. The molecule has 3 rings (SSSR count). The molecule has 0 unspecified atom stereocenters. The van der Waals surface area contributed by atoms with Gasteiger partial charge in [-0.3, -0.25) is 9.59 Å². The van der Waals surface area contributed by atoms with Gasteiger partial charge in [-0.1, -0.05) is 23.7 Å². The van der Waals surface area contributed by atoms with Crippen LogP contribution < -0.4 is 4.90 Å². The van der Waals surface area contributed by atoms with E-state index < -0.39 is 0 Å². The van der Waals surface area contributed by atoms with E-state index in [1.165, 1.54) is 16.9 Å². The van der Waals surface area contributed by atoms with Crippen molar-refractivity contribution in [2.24, 2.45) is 0 Å². The number of halogens is 1. The number of carbonyl (C=O) groups is 2. The summed E-state index contributed by atoms with van der Waals surface area (Å²) < 4.78 is 0. The van der Waals surface area contributed by atoms with Crippen molar-refractivity contribution in [3.63, 3.8) is 0 Å². The number of hydrogen-bond acceptors (Lipinski definition) is 4. The smallest absolute Gasteiger partial charge is 0.223 e. The van der Waals surface area contributed by atoms with E-state index in [0.717, 1.165) is 28.7 Å². The second-order valence-electron chi connectivity index (χ2n) is 6.20. The average Bonchev–Trinajstić information content (AvgIpc) is 3.16. The molecule has 0 spiro atoms. The first-order valence-corrected chi connectivity index (χ1v) is 9.66. The SMILES string of the molecule is Cc1ccc(Cl)cc1N1CCN(C(=O)CCC(=O)c2cccs2)CC1. The van der Waals surface area contributed by atoms with Crippen molar-refractivity contribution < 1.29 is 9.59 Å². The number of benzene rings is 1. The molecule has 4 nitrogen and oxygen atoms in total. The van der Waals surface area contributed by atoms with Crippen LogP contribution in [-0.4, -0.2) is 42.8 Å². The molecule has 0 saturated carbocycles. The van der Waals surface area contributed by atoms with Crippen LogP contribution in [0.1, 0.15) is 28.1 Å². The summed E-state index contributed by atoms with van der Waals surface area (Å²) in [5.74, 6) is 0.115. The van der Waals surface area contributed by atoms with Crippen molar-refractivity contribution >= 4 is 40.3 Å². The van der Waals surface area contributed by atoms with Gasteiger partial charge in [-0.15, -0.1) is 11.3 Å². The third-order valence-electron chi connectivity index (χ3n) is 4.51. The normalized spacial score (nSPS) is 14.6. The zero-order chi connectivity index (χ0) is 17.8. The van der Waals surface area contributed by atoms with E-state index in [4.69, 9.17) is 11.6 Å². The maximum atomic E-state index is 12.4. The highest BCUT2D eigenvalue weighted by Gasteiger charge is 2.22. The zero-order valence-electron chi connectivity index (χ0n) is 14.2. The van der Waals surface area contributed by atoms with Gasteiger partial charge < -0.3 is 9.80 Å². The second kappa shape index (κ2) is 8.02. The van der Waals surface area contributed by atoms with Gasteiger partial charge >= 0.3 is 0 Å². The van der Waals surface area contributed by atoms with E-state index in [1.54, 1.807) is 0 Å². The Bertz CT molecular complexity index is 753. The van der Waals surface area contributed by atoms with Gasteiger partial charge in [-0.2, -0.15) is 0 Å². The number of piperazine rings is 1. The van der Waals surface area contributed by atoms with Gasteiger partial charge in [0.15, 0.2) is 5.78 Å². The van der Waals surface area contributed by atoms with Crippen LogP contribution in [0.3, 0.4) is 0 Å². The van der Waals surface area contributed by atoms with Crippen molar-refractivity contribution in [2.75, 3.05) is 31.1 Å². The van der Waals surface area contributed by atoms with Crippen LogP contribution in [-0.2, 0) is 4.79 Å².